The second-order valence-corrected chi connectivity index (χ2v) is 4.13. The van der Waals surface area contributed by atoms with Gasteiger partial charge in [-0.25, -0.2) is 0 Å². The van der Waals surface area contributed by atoms with E-state index in [2.05, 4.69) is 0 Å². The third-order valence-electron chi connectivity index (χ3n) is 3.03. The Kier molecular flexibility index (Phi) is 5.43. The molecule has 0 saturated carbocycles. The summed E-state index contributed by atoms with van der Waals surface area (Å²) in [6, 6.07) is 1.66. The van der Waals surface area contributed by atoms with Crippen molar-refractivity contribution >= 4 is 0 Å². The average Bonchev–Trinajstić information content (AvgIpc) is 2.35. The Morgan fingerprint density at radius 2 is 2.06 bits per heavy atom. The number of allylic oxidation sites excluding steroid dienone is 3. The zero-order valence-electron chi connectivity index (χ0n) is 11.6. The Hall–Kier alpha value is -1.77. The number of nitrogens with zero attached hydrogens (tertiary/aromatic N) is 1. The number of rotatable bonds is 5. The highest BCUT2D eigenvalue weighted by Gasteiger charge is 2.07. The number of hydrogen-bond acceptors (Lipinski definition) is 2. The summed E-state index contributed by atoms with van der Waals surface area (Å²) in [7, 11) is 0. The van der Waals surface area contributed by atoms with Crippen LogP contribution in [0.3, 0.4) is 0 Å². The fourth-order valence-corrected chi connectivity index (χ4v) is 1.83. The van der Waals surface area contributed by atoms with Gasteiger partial charge in [-0.2, -0.15) is 0 Å². The van der Waals surface area contributed by atoms with Crippen molar-refractivity contribution in [3.63, 3.8) is 0 Å². The number of ether oxygens (including phenoxy) is 1. The molecule has 0 aliphatic rings. The van der Waals surface area contributed by atoms with E-state index in [0.717, 1.165) is 16.8 Å². The van der Waals surface area contributed by atoms with E-state index in [1.165, 1.54) is 0 Å². The van der Waals surface area contributed by atoms with Crippen molar-refractivity contribution in [3.05, 3.63) is 57.7 Å². The number of aromatic nitrogens is 1. The molecule has 0 aromatic carbocycles. The molecule has 98 valence electrons. The van der Waals surface area contributed by atoms with Crippen LogP contribution in [0.5, 0.6) is 0 Å². The molecule has 1 rings (SSSR count). The van der Waals surface area contributed by atoms with Gasteiger partial charge in [0.2, 0.25) is 0 Å². The van der Waals surface area contributed by atoms with Crippen LogP contribution in [0.2, 0.25) is 0 Å². The summed E-state index contributed by atoms with van der Waals surface area (Å²) < 4.78 is 7.18. The van der Waals surface area contributed by atoms with Crippen LogP contribution >= 0.6 is 0 Å². The summed E-state index contributed by atoms with van der Waals surface area (Å²) in [4.78, 5) is 11.9. The Morgan fingerprint density at radius 3 is 2.67 bits per heavy atom. The first-order chi connectivity index (χ1) is 8.61. The van der Waals surface area contributed by atoms with Crippen molar-refractivity contribution in [2.75, 3.05) is 0 Å². The summed E-state index contributed by atoms with van der Waals surface area (Å²) in [5, 5.41) is 0. The molecule has 0 amide bonds. The molecule has 0 aliphatic heterocycles. The quantitative estimate of drug-likeness (QED) is 0.591. The van der Waals surface area contributed by atoms with Crippen LogP contribution in [0.25, 0.3) is 0 Å². The molecule has 1 aromatic heterocycles. The molecular formula is C15H21NO2. The topological polar surface area (TPSA) is 31.2 Å². The van der Waals surface area contributed by atoms with Crippen molar-refractivity contribution < 1.29 is 4.74 Å². The first-order valence-electron chi connectivity index (χ1n) is 6.21. The molecule has 1 heterocycles. The molecule has 0 bridgehead atoms. The van der Waals surface area contributed by atoms with E-state index in [1.54, 1.807) is 16.9 Å². The monoisotopic (exact) mass is 247 g/mol. The van der Waals surface area contributed by atoms with Crippen molar-refractivity contribution in [2.24, 2.45) is 0 Å². The number of pyridine rings is 1. The first-order valence-corrected chi connectivity index (χ1v) is 6.21. The lowest BCUT2D eigenvalue weighted by molar-refractivity contribution is 0.235. The van der Waals surface area contributed by atoms with Gasteiger partial charge in [0.05, 0.1) is 6.26 Å². The molecule has 3 nitrogen and oxygen atoms in total. The molecule has 3 heteroatoms. The molecule has 1 aromatic rings. The summed E-state index contributed by atoms with van der Waals surface area (Å²) in [6.45, 7) is 9.05. The van der Waals surface area contributed by atoms with Crippen LogP contribution in [-0.4, -0.2) is 4.57 Å². The second-order valence-electron chi connectivity index (χ2n) is 4.13. The first kappa shape index (κ1) is 14.3. The molecule has 0 saturated heterocycles. The maximum absolute atomic E-state index is 11.9. The van der Waals surface area contributed by atoms with Crippen molar-refractivity contribution in [3.8, 4) is 0 Å². The SMILES string of the molecule is C/C=C\C=C/OCc1cc(=O)n(CC)c(C)c1C. The maximum atomic E-state index is 11.9. The molecule has 0 radical (unpaired) electrons. The fourth-order valence-electron chi connectivity index (χ4n) is 1.83. The van der Waals surface area contributed by atoms with Gasteiger partial charge in [-0.1, -0.05) is 12.2 Å². The van der Waals surface area contributed by atoms with Crippen molar-refractivity contribution in [2.45, 2.75) is 40.8 Å². The molecule has 0 aliphatic carbocycles. The van der Waals surface area contributed by atoms with Crippen LogP contribution < -0.4 is 5.56 Å². The average molecular weight is 247 g/mol. The second kappa shape index (κ2) is 6.84. The Bertz CT molecular complexity index is 510. The zero-order chi connectivity index (χ0) is 13.5. The van der Waals surface area contributed by atoms with E-state index in [-0.39, 0.29) is 5.56 Å². The normalized spacial score (nSPS) is 11.6. The van der Waals surface area contributed by atoms with Crippen LogP contribution in [0, 0.1) is 13.8 Å². The standard InChI is InChI=1S/C15H21NO2/c1-5-7-8-9-18-11-14-10-15(17)16(6-2)13(4)12(14)3/h5,7-10H,6,11H2,1-4H3/b7-5-,9-8-. The van der Waals surface area contributed by atoms with E-state index in [4.69, 9.17) is 4.74 Å². The lowest BCUT2D eigenvalue weighted by Crippen LogP contribution is -2.23. The highest BCUT2D eigenvalue weighted by atomic mass is 16.5. The highest BCUT2D eigenvalue weighted by Crippen LogP contribution is 2.11. The molecule has 0 spiro atoms. The molecule has 18 heavy (non-hydrogen) atoms. The van der Waals surface area contributed by atoms with Crippen LogP contribution in [0.1, 0.15) is 30.7 Å². The summed E-state index contributed by atoms with van der Waals surface area (Å²) in [6.07, 6.45) is 7.29. The summed E-state index contributed by atoms with van der Waals surface area (Å²) in [5.41, 5.74) is 3.13. The smallest absolute Gasteiger partial charge is 0.251 e. The molecule has 0 atom stereocenters. The largest absolute Gasteiger partial charge is 0.497 e. The summed E-state index contributed by atoms with van der Waals surface area (Å²) in [5.74, 6) is 0. The van der Waals surface area contributed by atoms with Gasteiger partial charge in [0.1, 0.15) is 6.61 Å². The molecule has 0 N–H and O–H groups in total. The van der Waals surface area contributed by atoms with E-state index in [9.17, 15) is 4.79 Å². The van der Waals surface area contributed by atoms with Gasteiger partial charge in [-0.15, -0.1) is 0 Å². The van der Waals surface area contributed by atoms with E-state index < -0.39 is 0 Å². The van der Waals surface area contributed by atoms with Crippen molar-refractivity contribution in [1.82, 2.24) is 4.57 Å². The van der Waals surface area contributed by atoms with Crippen LogP contribution in [-0.2, 0) is 17.9 Å². The lowest BCUT2D eigenvalue weighted by atomic mass is 10.1. The van der Waals surface area contributed by atoms with Gasteiger partial charge < -0.3 is 9.30 Å². The van der Waals surface area contributed by atoms with E-state index >= 15 is 0 Å². The predicted molar refractivity (Wildman–Crippen MR) is 74.6 cm³/mol. The summed E-state index contributed by atoms with van der Waals surface area (Å²) >= 11 is 0. The lowest BCUT2D eigenvalue weighted by Gasteiger charge is -2.13. The van der Waals surface area contributed by atoms with Gasteiger partial charge in [0.15, 0.2) is 0 Å². The van der Waals surface area contributed by atoms with Gasteiger partial charge >= 0.3 is 0 Å². The molecule has 0 unspecified atom stereocenters. The van der Waals surface area contributed by atoms with Gasteiger partial charge in [-0.05, 0) is 44.9 Å². The van der Waals surface area contributed by atoms with E-state index in [1.807, 2.05) is 45.9 Å². The zero-order valence-corrected chi connectivity index (χ0v) is 11.6. The predicted octanol–water partition coefficient (Wildman–Crippen LogP) is 3.09. The number of hydrogen-bond donors (Lipinski definition) is 0. The van der Waals surface area contributed by atoms with Gasteiger partial charge in [-0.3, -0.25) is 4.79 Å². The Labute approximate surface area is 108 Å². The maximum Gasteiger partial charge on any atom is 0.251 e. The van der Waals surface area contributed by atoms with Crippen molar-refractivity contribution in [1.29, 1.82) is 0 Å². The Morgan fingerprint density at radius 1 is 1.33 bits per heavy atom. The Balaban J connectivity index is 2.88. The highest BCUT2D eigenvalue weighted by molar-refractivity contribution is 5.28. The molecule has 0 fully saturated rings. The third kappa shape index (κ3) is 3.36. The van der Waals surface area contributed by atoms with E-state index in [0.29, 0.717) is 13.2 Å². The van der Waals surface area contributed by atoms with Gasteiger partial charge in [0, 0.05) is 18.3 Å². The minimum Gasteiger partial charge on any atom is -0.497 e. The third-order valence-corrected chi connectivity index (χ3v) is 3.03. The fraction of sp³-hybridized carbons (Fsp3) is 0.400. The van der Waals surface area contributed by atoms with Crippen LogP contribution in [0.15, 0.2) is 35.4 Å². The van der Waals surface area contributed by atoms with Crippen LogP contribution in [0.4, 0.5) is 0 Å². The minimum absolute atomic E-state index is 0.0385. The molecular weight excluding hydrogens is 226 g/mol. The van der Waals surface area contributed by atoms with Gasteiger partial charge in [0.25, 0.3) is 5.56 Å². The minimum atomic E-state index is 0.0385.